The fourth-order valence-electron chi connectivity index (χ4n) is 1.97. The summed E-state index contributed by atoms with van der Waals surface area (Å²) < 4.78 is 18.4. The van der Waals surface area contributed by atoms with Crippen molar-refractivity contribution in [3.63, 3.8) is 0 Å². The number of nitrogens with one attached hydrogen (secondary N) is 1. The maximum absolute atomic E-state index is 12.9. The lowest BCUT2D eigenvalue weighted by atomic mass is 10.1. The molecule has 0 atom stereocenters. The van der Waals surface area contributed by atoms with E-state index in [1.165, 1.54) is 23.9 Å². The maximum Gasteiger partial charge on any atom is 0.257 e. The van der Waals surface area contributed by atoms with Crippen LogP contribution in [0.15, 0.2) is 63.3 Å². The fourth-order valence-corrected chi connectivity index (χ4v) is 2.60. The summed E-state index contributed by atoms with van der Waals surface area (Å²) in [5, 5.41) is 4.45. The summed E-state index contributed by atoms with van der Waals surface area (Å²) in [5.41, 5.74) is 5.24. The van der Waals surface area contributed by atoms with Crippen molar-refractivity contribution in [3.05, 3.63) is 59.9 Å². The Labute approximate surface area is 142 Å². The monoisotopic (exact) mass is 343 g/mol. The van der Waals surface area contributed by atoms with Crippen LogP contribution in [0.4, 0.5) is 4.39 Å². The quantitative estimate of drug-likeness (QED) is 0.437. The summed E-state index contributed by atoms with van der Waals surface area (Å²) in [6.07, 6.45) is 0. The van der Waals surface area contributed by atoms with Gasteiger partial charge in [-0.2, -0.15) is 5.10 Å². The van der Waals surface area contributed by atoms with Crippen LogP contribution in [-0.2, 0) is 4.79 Å². The molecule has 1 heterocycles. The van der Waals surface area contributed by atoms with E-state index in [2.05, 4.69) is 15.5 Å². The highest BCUT2D eigenvalue weighted by Gasteiger charge is 2.09. The first-order chi connectivity index (χ1) is 11.6. The molecule has 0 aliphatic rings. The van der Waals surface area contributed by atoms with Crippen molar-refractivity contribution in [2.75, 3.05) is 5.75 Å². The minimum Gasteiger partial charge on any atom is -0.431 e. The number of amides is 1. The predicted octanol–water partition coefficient (Wildman–Crippen LogP) is 3.60. The number of benzene rings is 2. The van der Waals surface area contributed by atoms with E-state index in [-0.39, 0.29) is 17.5 Å². The van der Waals surface area contributed by atoms with Crippen LogP contribution in [0.25, 0.3) is 11.1 Å². The summed E-state index contributed by atoms with van der Waals surface area (Å²) in [4.78, 5) is 16.1. The molecule has 0 fully saturated rings. The van der Waals surface area contributed by atoms with Gasteiger partial charge >= 0.3 is 0 Å². The van der Waals surface area contributed by atoms with Crippen LogP contribution < -0.4 is 5.43 Å². The van der Waals surface area contributed by atoms with Crippen LogP contribution in [0.2, 0.25) is 0 Å². The lowest BCUT2D eigenvalue weighted by Crippen LogP contribution is -2.21. The number of rotatable bonds is 5. The molecule has 2 aromatic carbocycles. The van der Waals surface area contributed by atoms with Gasteiger partial charge in [-0.15, -0.1) is 0 Å². The van der Waals surface area contributed by atoms with Crippen LogP contribution in [0.1, 0.15) is 12.5 Å². The highest BCUT2D eigenvalue weighted by molar-refractivity contribution is 7.99. The van der Waals surface area contributed by atoms with E-state index in [4.69, 9.17) is 4.42 Å². The van der Waals surface area contributed by atoms with Gasteiger partial charge in [0.1, 0.15) is 11.3 Å². The summed E-state index contributed by atoms with van der Waals surface area (Å²) in [7, 11) is 0. The molecular weight excluding hydrogens is 329 g/mol. The first-order valence-corrected chi connectivity index (χ1v) is 8.18. The van der Waals surface area contributed by atoms with E-state index in [0.717, 1.165) is 11.1 Å². The van der Waals surface area contributed by atoms with Gasteiger partial charge in [0.2, 0.25) is 0 Å². The molecule has 122 valence electrons. The van der Waals surface area contributed by atoms with E-state index in [9.17, 15) is 9.18 Å². The number of aromatic nitrogens is 1. The first-order valence-electron chi connectivity index (χ1n) is 7.19. The van der Waals surface area contributed by atoms with Crippen LogP contribution in [0.3, 0.4) is 0 Å². The number of hydrogen-bond donors (Lipinski definition) is 1. The van der Waals surface area contributed by atoms with Gasteiger partial charge in [-0.3, -0.25) is 4.79 Å². The minimum absolute atomic E-state index is 0.132. The molecule has 0 radical (unpaired) electrons. The predicted molar refractivity (Wildman–Crippen MR) is 91.5 cm³/mol. The molecule has 0 aliphatic carbocycles. The number of para-hydroxylation sites is 2. The van der Waals surface area contributed by atoms with Crippen LogP contribution in [-0.4, -0.2) is 22.4 Å². The Morgan fingerprint density at radius 1 is 1.25 bits per heavy atom. The molecule has 0 unspecified atom stereocenters. The molecule has 0 saturated heterocycles. The number of hydrogen-bond acceptors (Lipinski definition) is 5. The van der Waals surface area contributed by atoms with Gasteiger partial charge in [0.25, 0.3) is 11.1 Å². The molecular formula is C17H14FN3O2S. The van der Waals surface area contributed by atoms with Crippen molar-refractivity contribution in [1.82, 2.24) is 10.4 Å². The van der Waals surface area contributed by atoms with Gasteiger partial charge in [-0.25, -0.2) is 14.8 Å². The topological polar surface area (TPSA) is 67.5 Å². The molecule has 0 spiro atoms. The number of carbonyl (C=O) groups excluding carboxylic acids is 1. The molecule has 0 saturated carbocycles. The fraction of sp³-hybridized carbons (Fsp3) is 0.118. The van der Waals surface area contributed by atoms with E-state index < -0.39 is 0 Å². The standard InChI is InChI=1S/C17H14FN3O2S/c1-11(12-6-8-13(18)9-7-12)20-21-16(22)10-24-17-19-14-4-2-3-5-15(14)23-17/h2-9H,10H2,1H3,(H,21,22)/b20-11-. The molecule has 1 amide bonds. The third kappa shape index (κ3) is 3.99. The van der Waals surface area contributed by atoms with Gasteiger partial charge in [-0.1, -0.05) is 36.0 Å². The number of thioether (sulfide) groups is 1. The molecule has 1 N–H and O–H groups in total. The van der Waals surface area contributed by atoms with E-state index in [1.807, 2.05) is 24.3 Å². The second kappa shape index (κ2) is 7.27. The zero-order chi connectivity index (χ0) is 16.9. The van der Waals surface area contributed by atoms with Crippen molar-refractivity contribution < 1.29 is 13.6 Å². The Hall–Kier alpha value is -2.67. The zero-order valence-electron chi connectivity index (χ0n) is 12.8. The van der Waals surface area contributed by atoms with Crippen molar-refractivity contribution in [2.24, 2.45) is 5.10 Å². The van der Waals surface area contributed by atoms with Gasteiger partial charge in [-0.05, 0) is 36.8 Å². The molecule has 0 aliphatic heterocycles. The van der Waals surface area contributed by atoms with E-state index >= 15 is 0 Å². The Bertz CT molecular complexity index is 857. The highest BCUT2D eigenvalue weighted by atomic mass is 32.2. The third-order valence-electron chi connectivity index (χ3n) is 3.21. The largest absolute Gasteiger partial charge is 0.431 e. The second-order valence-electron chi connectivity index (χ2n) is 4.98. The van der Waals surface area contributed by atoms with Gasteiger partial charge < -0.3 is 4.42 Å². The van der Waals surface area contributed by atoms with Crippen molar-refractivity contribution >= 4 is 34.5 Å². The van der Waals surface area contributed by atoms with Crippen molar-refractivity contribution in [3.8, 4) is 0 Å². The summed E-state index contributed by atoms with van der Waals surface area (Å²) in [6.45, 7) is 1.74. The smallest absolute Gasteiger partial charge is 0.257 e. The highest BCUT2D eigenvalue weighted by Crippen LogP contribution is 2.22. The van der Waals surface area contributed by atoms with Crippen LogP contribution in [0.5, 0.6) is 0 Å². The van der Waals surface area contributed by atoms with Crippen LogP contribution in [0, 0.1) is 5.82 Å². The number of fused-ring (bicyclic) bond motifs is 1. The summed E-state index contributed by atoms with van der Waals surface area (Å²) in [5.74, 6) is -0.457. The summed E-state index contributed by atoms with van der Waals surface area (Å²) in [6, 6.07) is 13.3. The Balaban J connectivity index is 1.55. The van der Waals surface area contributed by atoms with E-state index in [1.54, 1.807) is 19.1 Å². The molecule has 3 aromatic rings. The van der Waals surface area contributed by atoms with Gasteiger partial charge in [0.05, 0.1) is 11.5 Å². The zero-order valence-corrected chi connectivity index (χ0v) is 13.6. The average Bonchev–Trinajstić information content (AvgIpc) is 3.01. The summed E-state index contributed by atoms with van der Waals surface area (Å²) >= 11 is 1.20. The van der Waals surface area contributed by atoms with Gasteiger partial charge in [0, 0.05) is 0 Å². The average molecular weight is 343 g/mol. The van der Waals surface area contributed by atoms with Crippen molar-refractivity contribution in [2.45, 2.75) is 12.1 Å². The first kappa shape index (κ1) is 16.2. The number of nitrogens with zero attached hydrogens (tertiary/aromatic N) is 2. The van der Waals surface area contributed by atoms with E-state index in [0.29, 0.717) is 16.5 Å². The maximum atomic E-state index is 12.9. The number of carbonyl (C=O) groups is 1. The number of oxazole rings is 1. The second-order valence-corrected chi connectivity index (χ2v) is 5.90. The lowest BCUT2D eigenvalue weighted by Gasteiger charge is -2.02. The normalized spacial score (nSPS) is 11.7. The Morgan fingerprint density at radius 2 is 2.00 bits per heavy atom. The minimum atomic E-state index is -0.315. The van der Waals surface area contributed by atoms with Crippen molar-refractivity contribution in [1.29, 1.82) is 0 Å². The number of hydrazone groups is 1. The van der Waals surface area contributed by atoms with Gasteiger partial charge in [0.15, 0.2) is 5.58 Å². The molecule has 3 rings (SSSR count). The molecule has 7 heteroatoms. The molecule has 24 heavy (non-hydrogen) atoms. The Morgan fingerprint density at radius 3 is 2.75 bits per heavy atom. The molecule has 5 nitrogen and oxygen atoms in total. The number of halogens is 1. The Kier molecular flexibility index (Phi) is 4.90. The SMILES string of the molecule is C/C(=N/NC(=O)CSc1nc2ccccc2o1)c1ccc(F)cc1. The lowest BCUT2D eigenvalue weighted by molar-refractivity contribution is -0.118. The molecule has 0 bridgehead atoms. The third-order valence-corrected chi connectivity index (χ3v) is 4.04. The molecule has 1 aromatic heterocycles. The van der Waals surface area contributed by atoms with Crippen LogP contribution >= 0.6 is 11.8 Å².